The van der Waals surface area contributed by atoms with Crippen LogP contribution in [-0.2, 0) is 13.1 Å². The first kappa shape index (κ1) is 14.5. The second-order valence-corrected chi connectivity index (χ2v) is 5.71. The Labute approximate surface area is 138 Å². The number of pyridine rings is 1. The highest BCUT2D eigenvalue weighted by Crippen LogP contribution is 2.18. The number of carbonyl (C=O) groups excluding carboxylic acids is 1. The highest BCUT2D eigenvalue weighted by Gasteiger charge is 2.27. The molecule has 0 fully saturated rings. The van der Waals surface area contributed by atoms with Crippen LogP contribution in [0.15, 0.2) is 55.2 Å². The summed E-state index contributed by atoms with van der Waals surface area (Å²) < 4.78 is 8.13. The molecule has 1 aliphatic heterocycles. The molecule has 24 heavy (non-hydrogen) atoms. The smallest absolute Gasteiger partial charge is 0.272 e. The van der Waals surface area contributed by atoms with Crippen LogP contribution in [0.5, 0.6) is 5.88 Å². The number of aromatic nitrogens is 4. The summed E-state index contributed by atoms with van der Waals surface area (Å²) in [6, 6.07) is 9.56. The number of fused-ring (bicyclic) bond motifs is 1. The van der Waals surface area contributed by atoms with Gasteiger partial charge in [-0.15, -0.1) is 0 Å². The zero-order chi connectivity index (χ0) is 16.4. The van der Waals surface area contributed by atoms with Gasteiger partial charge < -0.3 is 19.2 Å². The monoisotopic (exact) mass is 323 g/mol. The average Bonchev–Trinajstić information content (AvgIpc) is 3.24. The average molecular weight is 323 g/mol. The largest absolute Gasteiger partial charge is 0.471 e. The summed E-state index contributed by atoms with van der Waals surface area (Å²) >= 11 is 0. The van der Waals surface area contributed by atoms with Crippen LogP contribution in [0.1, 0.15) is 16.2 Å². The highest BCUT2D eigenvalue weighted by atomic mass is 16.5. The Kier molecular flexibility index (Phi) is 3.74. The fourth-order valence-corrected chi connectivity index (χ4v) is 2.91. The Morgan fingerprint density at radius 3 is 3.00 bits per heavy atom. The molecule has 0 aliphatic carbocycles. The van der Waals surface area contributed by atoms with Crippen molar-refractivity contribution in [1.29, 1.82) is 0 Å². The molecule has 0 bridgehead atoms. The van der Waals surface area contributed by atoms with Gasteiger partial charge in [-0.2, -0.15) is 0 Å². The molecule has 4 heterocycles. The van der Waals surface area contributed by atoms with Crippen LogP contribution in [0.4, 0.5) is 0 Å². The number of nitrogens with one attached hydrogen (secondary N) is 1. The quantitative estimate of drug-likeness (QED) is 0.796. The molecule has 7 nitrogen and oxygen atoms in total. The standard InChI is InChI=1S/C17H17N5O2/c23-17(15-8-18-12-20-15)22-9-13-4-3-7-21(13)10-14(11-22)24-16-5-1-2-6-19-16/h1-8,12,14H,9-11H2,(H,18,20). The second kappa shape index (κ2) is 6.19. The third kappa shape index (κ3) is 2.88. The number of carbonyl (C=O) groups is 1. The molecule has 4 rings (SSSR count). The molecule has 0 radical (unpaired) electrons. The normalized spacial score (nSPS) is 17.2. The van der Waals surface area contributed by atoms with Gasteiger partial charge in [0.2, 0.25) is 5.88 Å². The minimum absolute atomic E-state index is 0.0863. The van der Waals surface area contributed by atoms with Crippen LogP contribution in [-0.4, -0.2) is 43.0 Å². The predicted molar refractivity (Wildman–Crippen MR) is 86.4 cm³/mol. The Balaban J connectivity index is 1.60. The molecule has 1 N–H and O–H groups in total. The number of ether oxygens (including phenoxy) is 1. The summed E-state index contributed by atoms with van der Waals surface area (Å²) in [6.07, 6.45) is 6.58. The van der Waals surface area contributed by atoms with Crippen molar-refractivity contribution < 1.29 is 9.53 Å². The van der Waals surface area contributed by atoms with Crippen LogP contribution < -0.4 is 4.74 Å². The lowest BCUT2D eigenvalue weighted by Gasteiger charge is -2.24. The number of nitrogens with zero attached hydrogens (tertiary/aromatic N) is 4. The summed E-state index contributed by atoms with van der Waals surface area (Å²) in [4.78, 5) is 25.5. The van der Waals surface area contributed by atoms with E-state index in [1.807, 2.05) is 36.5 Å². The maximum Gasteiger partial charge on any atom is 0.272 e. The van der Waals surface area contributed by atoms with Gasteiger partial charge in [0.15, 0.2) is 0 Å². The van der Waals surface area contributed by atoms with Crippen molar-refractivity contribution in [3.8, 4) is 5.88 Å². The summed E-state index contributed by atoms with van der Waals surface area (Å²) in [7, 11) is 0. The minimum Gasteiger partial charge on any atom is -0.471 e. The van der Waals surface area contributed by atoms with E-state index >= 15 is 0 Å². The first-order valence-corrected chi connectivity index (χ1v) is 7.79. The molecular weight excluding hydrogens is 306 g/mol. The molecular formula is C17H17N5O2. The third-order valence-corrected chi connectivity index (χ3v) is 4.04. The lowest BCUT2D eigenvalue weighted by molar-refractivity contribution is 0.0641. The van der Waals surface area contributed by atoms with Crippen LogP contribution >= 0.6 is 0 Å². The Morgan fingerprint density at radius 2 is 2.21 bits per heavy atom. The summed E-state index contributed by atoms with van der Waals surface area (Å²) in [5.41, 5.74) is 1.56. The zero-order valence-corrected chi connectivity index (χ0v) is 13.0. The van der Waals surface area contributed by atoms with E-state index in [9.17, 15) is 4.79 Å². The summed E-state index contributed by atoms with van der Waals surface area (Å²) in [6.45, 7) is 1.69. The molecule has 1 unspecified atom stereocenters. The molecule has 1 amide bonds. The van der Waals surface area contributed by atoms with Gasteiger partial charge in [-0.1, -0.05) is 6.07 Å². The van der Waals surface area contributed by atoms with E-state index < -0.39 is 0 Å². The number of amides is 1. The van der Waals surface area contributed by atoms with Gasteiger partial charge in [0.1, 0.15) is 11.8 Å². The molecule has 0 spiro atoms. The molecule has 3 aromatic heterocycles. The predicted octanol–water partition coefficient (Wildman–Crippen LogP) is 1.71. The van der Waals surface area contributed by atoms with Crippen LogP contribution in [0.3, 0.4) is 0 Å². The first-order chi connectivity index (χ1) is 11.8. The van der Waals surface area contributed by atoms with E-state index in [2.05, 4.69) is 19.5 Å². The molecule has 7 heteroatoms. The molecule has 0 aromatic carbocycles. The number of imidazole rings is 1. The van der Waals surface area contributed by atoms with Gasteiger partial charge in [0.25, 0.3) is 5.91 Å². The van der Waals surface area contributed by atoms with E-state index in [1.165, 1.54) is 6.33 Å². The molecule has 3 aromatic rings. The fraction of sp³-hybridized carbons (Fsp3) is 0.235. The number of rotatable bonds is 3. The van der Waals surface area contributed by atoms with Gasteiger partial charge >= 0.3 is 0 Å². The summed E-state index contributed by atoms with van der Waals surface area (Å²) in [5.74, 6) is 0.476. The van der Waals surface area contributed by atoms with Crippen LogP contribution in [0.25, 0.3) is 0 Å². The van der Waals surface area contributed by atoms with Gasteiger partial charge in [-0.25, -0.2) is 9.97 Å². The first-order valence-electron chi connectivity index (χ1n) is 7.79. The number of hydrogen-bond donors (Lipinski definition) is 1. The van der Waals surface area contributed by atoms with Gasteiger partial charge in [0, 0.05) is 24.2 Å². The SMILES string of the molecule is O=C(c1cnc[nH]1)N1Cc2cccn2CC(Oc2ccccn2)C1. The highest BCUT2D eigenvalue weighted by molar-refractivity contribution is 5.92. The van der Waals surface area contributed by atoms with Gasteiger partial charge in [-0.3, -0.25) is 4.79 Å². The topological polar surface area (TPSA) is 76.0 Å². The molecule has 122 valence electrons. The third-order valence-electron chi connectivity index (χ3n) is 4.04. The molecule has 0 saturated carbocycles. The van der Waals surface area contributed by atoms with Crippen molar-refractivity contribution in [2.75, 3.05) is 6.54 Å². The van der Waals surface area contributed by atoms with Crippen LogP contribution in [0.2, 0.25) is 0 Å². The Hall–Kier alpha value is -3.09. The Morgan fingerprint density at radius 1 is 1.25 bits per heavy atom. The van der Waals surface area contributed by atoms with E-state index in [0.717, 1.165) is 5.69 Å². The number of H-pyrrole nitrogens is 1. The van der Waals surface area contributed by atoms with Crippen molar-refractivity contribution in [1.82, 2.24) is 24.4 Å². The molecule has 0 saturated heterocycles. The van der Waals surface area contributed by atoms with Gasteiger partial charge in [0.05, 0.1) is 32.2 Å². The maximum atomic E-state index is 12.7. The second-order valence-electron chi connectivity index (χ2n) is 5.71. The van der Waals surface area contributed by atoms with Crippen molar-refractivity contribution in [2.24, 2.45) is 0 Å². The Bertz CT molecular complexity index is 813. The van der Waals surface area contributed by atoms with E-state index in [4.69, 9.17) is 4.74 Å². The van der Waals surface area contributed by atoms with Crippen molar-refractivity contribution in [3.63, 3.8) is 0 Å². The van der Waals surface area contributed by atoms with Gasteiger partial charge in [-0.05, 0) is 18.2 Å². The lowest BCUT2D eigenvalue weighted by Crippen LogP contribution is -2.38. The number of aromatic amines is 1. The summed E-state index contributed by atoms with van der Waals surface area (Å²) in [5, 5.41) is 0. The van der Waals surface area contributed by atoms with Crippen molar-refractivity contribution in [3.05, 3.63) is 66.6 Å². The number of hydrogen-bond acceptors (Lipinski definition) is 4. The van der Waals surface area contributed by atoms with Crippen molar-refractivity contribution >= 4 is 5.91 Å². The molecule has 1 atom stereocenters. The van der Waals surface area contributed by atoms with E-state index in [1.54, 1.807) is 17.3 Å². The molecule has 1 aliphatic rings. The maximum absolute atomic E-state index is 12.7. The fourth-order valence-electron chi connectivity index (χ4n) is 2.91. The van der Waals surface area contributed by atoms with E-state index in [0.29, 0.717) is 31.2 Å². The van der Waals surface area contributed by atoms with E-state index in [-0.39, 0.29) is 12.0 Å². The van der Waals surface area contributed by atoms with Crippen molar-refractivity contribution in [2.45, 2.75) is 19.2 Å². The minimum atomic E-state index is -0.180. The lowest BCUT2D eigenvalue weighted by atomic mass is 10.3. The zero-order valence-electron chi connectivity index (χ0n) is 13.0. The van der Waals surface area contributed by atoms with Crippen LogP contribution in [0, 0.1) is 0 Å².